The first-order valence-corrected chi connectivity index (χ1v) is 7.63. The highest BCUT2D eigenvalue weighted by Gasteiger charge is 2.00. The maximum absolute atomic E-state index is 2.69. The number of hydrogen-bond acceptors (Lipinski definition) is 1. The Kier molecular flexibility index (Phi) is 9.41. The van der Waals surface area contributed by atoms with Gasteiger partial charge in [0.15, 0.2) is 0 Å². The minimum atomic E-state index is -0.0948. The molecule has 0 heterocycles. The first-order chi connectivity index (χ1) is 6.78. The Morgan fingerprint density at radius 2 is 1.50 bits per heavy atom. The third-order valence-corrected chi connectivity index (χ3v) is 4.53. The Hall–Kier alpha value is -0.0831. The minimum absolute atomic E-state index is 0.0948. The summed E-state index contributed by atoms with van der Waals surface area (Å²) in [7, 11) is -0.0948. The van der Waals surface area contributed by atoms with Crippen LogP contribution in [0.1, 0.15) is 53.4 Å². The highest BCUT2D eigenvalue weighted by Crippen LogP contribution is 2.05. The summed E-state index contributed by atoms with van der Waals surface area (Å²) in [6.45, 7) is 11.7. The second-order valence-corrected chi connectivity index (χ2v) is 5.54. The first kappa shape index (κ1) is 13.9. The molecule has 0 aromatic rings. The van der Waals surface area contributed by atoms with Gasteiger partial charge in [-0.2, -0.15) is 0 Å². The zero-order chi connectivity index (χ0) is 10.8. The second-order valence-electron chi connectivity index (χ2n) is 3.87. The summed E-state index contributed by atoms with van der Waals surface area (Å²) in [5.74, 6) is 0. The molecule has 0 aromatic carbocycles. The average Bonchev–Trinajstić information content (AvgIpc) is 2.20. The molecule has 0 atom stereocenters. The van der Waals surface area contributed by atoms with E-state index < -0.39 is 0 Å². The van der Waals surface area contributed by atoms with E-state index in [1.165, 1.54) is 38.8 Å². The number of hydrogen-bond donors (Lipinski definition) is 0. The summed E-state index contributed by atoms with van der Waals surface area (Å²) in [6, 6.07) is 0. The van der Waals surface area contributed by atoms with Gasteiger partial charge in [-0.3, -0.25) is 0 Å². The molecular formula is C12H27NSi. The molecular weight excluding hydrogens is 186 g/mol. The molecule has 0 spiro atoms. The van der Waals surface area contributed by atoms with Crippen LogP contribution in [0.2, 0.25) is 0 Å². The van der Waals surface area contributed by atoms with Gasteiger partial charge in [0, 0.05) is 0 Å². The SMILES string of the molecule is CCCN(CCC)[SiH2]C=C(CC)CC. The van der Waals surface area contributed by atoms with E-state index in [-0.39, 0.29) is 9.68 Å². The summed E-state index contributed by atoms with van der Waals surface area (Å²) in [6.07, 6.45) is 5.09. The van der Waals surface area contributed by atoms with Gasteiger partial charge in [0.1, 0.15) is 9.68 Å². The van der Waals surface area contributed by atoms with Gasteiger partial charge >= 0.3 is 0 Å². The molecule has 0 saturated heterocycles. The van der Waals surface area contributed by atoms with Gasteiger partial charge in [0.05, 0.1) is 0 Å². The van der Waals surface area contributed by atoms with Crippen LogP contribution in [0.5, 0.6) is 0 Å². The Balaban J connectivity index is 3.94. The van der Waals surface area contributed by atoms with Crippen molar-refractivity contribution in [1.82, 2.24) is 4.57 Å². The fourth-order valence-electron chi connectivity index (χ4n) is 1.72. The predicted octanol–water partition coefficient (Wildman–Crippen LogP) is 2.90. The molecule has 0 aliphatic rings. The molecule has 0 unspecified atom stereocenters. The minimum Gasteiger partial charge on any atom is -0.325 e. The summed E-state index contributed by atoms with van der Waals surface area (Å²) in [5.41, 5.74) is 4.22. The molecule has 2 heteroatoms. The molecule has 0 N–H and O–H groups in total. The maximum Gasteiger partial charge on any atom is 0.119 e. The zero-order valence-corrected chi connectivity index (χ0v) is 11.9. The van der Waals surface area contributed by atoms with E-state index in [9.17, 15) is 0 Å². The van der Waals surface area contributed by atoms with E-state index in [2.05, 4.69) is 38.0 Å². The van der Waals surface area contributed by atoms with Crippen LogP contribution >= 0.6 is 0 Å². The lowest BCUT2D eigenvalue weighted by Crippen LogP contribution is -2.28. The molecule has 0 bridgehead atoms. The molecule has 0 fully saturated rings. The smallest absolute Gasteiger partial charge is 0.119 e. The Morgan fingerprint density at radius 1 is 1.00 bits per heavy atom. The Labute approximate surface area is 92.5 Å². The van der Waals surface area contributed by atoms with Crippen molar-refractivity contribution in [3.8, 4) is 0 Å². The second kappa shape index (κ2) is 9.47. The molecule has 84 valence electrons. The fraction of sp³-hybridized carbons (Fsp3) is 0.833. The van der Waals surface area contributed by atoms with Crippen LogP contribution in [0.25, 0.3) is 0 Å². The highest BCUT2D eigenvalue weighted by molar-refractivity contribution is 6.39. The van der Waals surface area contributed by atoms with Crippen molar-refractivity contribution in [1.29, 1.82) is 0 Å². The Morgan fingerprint density at radius 3 is 1.86 bits per heavy atom. The molecule has 0 aromatic heterocycles. The van der Waals surface area contributed by atoms with Crippen molar-refractivity contribution in [3.05, 3.63) is 11.3 Å². The van der Waals surface area contributed by atoms with Crippen molar-refractivity contribution in [2.45, 2.75) is 53.4 Å². The number of rotatable bonds is 8. The van der Waals surface area contributed by atoms with Gasteiger partial charge in [-0.1, -0.05) is 39.0 Å². The van der Waals surface area contributed by atoms with Gasteiger partial charge in [0.2, 0.25) is 0 Å². The quantitative estimate of drug-likeness (QED) is 0.560. The van der Waals surface area contributed by atoms with Gasteiger partial charge in [0.25, 0.3) is 0 Å². The molecule has 14 heavy (non-hydrogen) atoms. The summed E-state index contributed by atoms with van der Waals surface area (Å²) in [4.78, 5) is 0. The number of allylic oxidation sites excluding steroid dienone is 1. The standard InChI is InChI=1S/C12H27NSi/c1-5-9-13(10-6-2)14-11-12(7-3)8-4/h11H,5-10,14H2,1-4H3. The first-order valence-electron chi connectivity index (χ1n) is 6.18. The third-order valence-electron chi connectivity index (χ3n) is 2.63. The van der Waals surface area contributed by atoms with Crippen LogP contribution in [0.3, 0.4) is 0 Å². The topological polar surface area (TPSA) is 3.24 Å². The van der Waals surface area contributed by atoms with E-state index in [0.29, 0.717) is 0 Å². The van der Waals surface area contributed by atoms with Crippen molar-refractivity contribution in [3.63, 3.8) is 0 Å². The lowest BCUT2D eigenvalue weighted by Gasteiger charge is -2.19. The summed E-state index contributed by atoms with van der Waals surface area (Å²) >= 11 is 0. The lowest BCUT2D eigenvalue weighted by molar-refractivity contribution is 0.444. The van der Waals surface area contributed by atoms with Crippen molar-refractivity contribution < 1.29 is 0 Å². The van der Waals surface area contributed by atoms with E-state index in [1.54, 1.807) is 5.57 Å². The van der Waals surface area contributed by atoms with Crippen molar-refractivity contribution >= 4 is 9.68 Å². The van der Waals surface area contributed by atoms with Crippen LogP contribution in [-0.2, 0) is 0 Å². The largest absolute Gasteiger partial charge is 0.325 e. The lowest BCUT2D eigenvalue weighted by atomic mass is 10.2. The number of nitrogens with zero attached hydrogens (tertiary/aromatic N) is 1. The summed E-state index contributed by atoms with van der Waals surface area (Å²) < 4.78 is 2.69. The van der Waals surface area contributed by atoms with E-state index in [0.717, 1.165) is 0 Å². The average molecular weight is 213 g/mol. The van der Waals surface area contributed by atoms with E-state index in [1.807, 2.05) is 0 Å². The molecule has 0 aliphatic carbocycles. The van der Waals surface area contributed by atoms with Crippen LogP contribution in [0, 0.1) is 0 Å². The fourth-order valence-corrected chi connectivity index (χ4v) is 3.82. The van der Waals surface area contributed by atoms with Gasteiger partial charge in [-0.15, -0.1) is 0 Å². The van der Waals surface area contributed by atoms with Crippen LogP contribution in [-0.4, -0.2) is 27.3 Å². The molecule has 0 rings (SSSR count). The molecule has 0 amide bonds. The normalized spacial score (nSPS) is 11.5. The monoisotopic (exact) mass is 213 g/mol. The molecule has 0 saturated carbocycles. The maximum atomic E-state index is 2.69. The van der Waals surface area contributed by atoms with Gasteiger partial charge < -0.3 is 4.57 Å². The molecule has 0 radical (unpaired) electrons. The predicted molar refractivity (Wildman–Crippen MR) is 69.4 cm³/mol. The van der Waals surface area contributed by atoms with E-state index in [4.69, 9.17) is 0 Å². The van der Waals surface area contributed by atoms with Crippen molar-refractivity contribution in [2.75, 3.05) is 13.1 Å². The summed E-state index contributed by atoms with van der Waals surface area (Å²) in [5, 5.41) is 0. The highest BCUT2D eigenvalue weighted by atomic mass is 28.2. The van der Waals surface area contributed by atoms with Crippen LogP contribution < -0.4 is 0 Å². The van der Waals surface area contributed by atoms with Crippen LogP contribution in [0.15, 0.2) is 11.3 Å². The van der Waals surface area contributed by atoms with Crippen molar-refractivity contribution in [2.24, 2.45) is 0 Å². The molecule has 1 nitrogen and oxygen atoms in total. The van der Waals surface area contributed by atoms with Gasteiger partial charge in [-0.05, 0) is 38.8 Å². The van der Waals surface area contributed by atoms with Crippen LogP contribution in [0.4, 0.5) is 0 Å². The zero-order valence-electron chi connectivity index (χ0n) is 10.5. The van der Waals surface area contributed by atoms with Gasteiger partial charge in [-0.25, -0.2) is 0 Å². The third kappa shape index (κ3) is 6.38. The Bertz CT molecular complexity index is 142. The molecule has 0 aliphatic heterocycles. The van der Waals surface area contributed by atoms with E-state index >= 15 is 0 Å².